The van der Waals surface area contributed by atoms with E-state index in [1.54, 1.807) is 11.3 Å². The molecule has 2 atom stereocenters. The van der Waals surface area contributed by atoms with Gasteiger partial charge < -0.3 is 10.6 Å². The van der Waals surface area contributed by atoms with Gasteiger partial charge in [-0.25, -0.2) is 0 Å². The molecule has 18 heavy (non-hydrogen) atoms. The SMILES string of the molecule is CC(C)C(C)C(=O)NC(=S)N[C@@H](C)c1cccs1. The third kappa shape index (κ3) is 4.38. The summed E-state index contributed by atoms with van der Waals surface area (Å²) >= 11 is 6.82. The molecular weight excluding hydrogens is 264 g/mol. The summed E-state index contributed by atoms with van der Waals surface area (Å²) < 4.78 is 0. The Morgan fingerprint density at radius 1 is 1.33 bits per heavy atom. The molecule has 0 aromatic carbocycles. The Hall–Kier alpha value is -0.940. The van der Waals surface area contributed by atoms with E-state index < -0.39 is 0 Å². The Labute approximate surface area is 118 Å². The van der Waals surface area contributed by atoms with Crippen molar-refractivity contribution in [2.45, 2.75) is 33.7 Å². The Kier molecular flexibility index (Phi) is 5.75. The second kappa shape index (κ2) is 6.85. The van der Waals surface area contributed by atoms with E-state index in [9.17, 15) is 4.79 Å². The van der Waals surface area contributed by atoms with Gasteiger partial charge in [-0.15, -0.1) is 11.3 Å². The lowest BCUT2D eigenvalue weighted by atomic mass is 9.97. The maximum atomic E-state index is 11.8. The summed E-state index contributed by atoms with van der Waals surface area (Å²) in [6.45, 7) is 7.98. The predicted octanol–water partition coefficient (Wildman–Crippen LogP) is 3.09. The molecule has 0 radical (unpaired) electrons. The molecule has 3 nitrogen and oxygen atoms in total. The fourth-order valence-electron chi connectivity index (χ4n) is 1.37. The van der Waals surface area contributed by atoms with Crippen LogP contribution in [0.1, 0.15) is 38.6 Å². The number of amides is 1. The number of carbonyl (C=O) groups is 1. The number of hydrogen-bond donors (Lipinski definition) is 2. The Bertz CT molecular complexity index is 401. The van der Waals surface area contributed by atoms with Crippen LogP contribution in [0, 0.1) is 11.8 Å². The molecule has 2 N–H and O–H groups in total. The maximum Gasteiger partial charge on any atom is 0.229 e. The summed E-state index contributed by atoms with van der Waals surface area (Å²) in [5.41, 5.74) is 0. The summed E-state index contributed by atoms with van der Waals surface area (Å²) in [5, 5.41) is 8.28. The van der Waals surface area contributed by atoms with Gasteiger partial charge in [-0.05, 0) is 36.5 Å². The van der Waals surface area contributed by atoms with E-state index in [1.165, 1.54) is 4.88 Å². The van der Waals surface area contributed by atoms with Crippen molar-refractivity contribution in [3.05, 3.63) is 22.4 Å². The van der Waals surface area contributed by atoms with E-state index in [4.69, 9.17) is 12.2 Å². The highest BCUT2D eigenvalue weighted by Crippen LogP contribution is 2.17. The molecule has 1 aromatic rings. The highest BCUT2D eigenvalue weighted by Gasteiger charge is 2.18. The van der Waals surface area contributed by atoms with Crippen LogP contribution >= 0.6 is 23.6 Å². The normalized spacial score (nSPS) is 14.1. The first kappa shape index (κ1) is 15.1. The summed E-state index contributed by atoms with van der Waals surface area (Å²) in [4.78, 5) is 13.0. The largest absolute Gasteiger partial charge is 0.355 e. The van der Waals surface area contributed by atoms with Crippen LogP contribution in [0.4, 0.5) is 0 Å². The third-order valence-electron chi connectivity index (χ3n) is 2.97. The Morgan fingerprint density at radius 3 is 2.50 bits per heavy atom. The lowest BCUT2D eigenvalue weighted by molar-refractivity contribution is -0.124. The zero-order valence-corrected chi connectivity index (χ0v) is 12.8. The molecule has 0 saturated heterocycles. The maximum absolute atomic E-state index is 11.8. The monoisotopic (exact) mass is 284 g/mol. The van der Waals surface area contributed by atoms with Crippen LogP contribution < -0.4 is 10.6 Å². The molecule has 0 saturated carbocycles. The Balaban J connectivity index is 2.45. The zero-order chi connectivity index (χ0) is 13.7. The summed E-state index contributed by atoms with van der Waals surface area (Å²) in [6, 6.07) is 4.16. The molecule has 0 spiro atoms. The second-order valence-electron chi connectivity index (χ2n) is 4.73. The molecule has 1 amide bonds. The van der Waals surface area contributed by atoms with E-state index in [-0.39, 0.29) is 17.9 Å². The number of thiocarbonyl (C=S) groups is 1. The predicted molar refractivity (Wildman–Crippen MR) is 80.6 cm³/mol. The molecule has 1 rings (SSSR count). The van der Waals surface area contributed by atoms with Crippen LogP contribution in [-0.4, -0.2) is 11.0 Å². The van der Waals surface area contributed by atoms with Crippen LogP contribution in [-0.2, 0) is 4.79 Å². The van der Waals surface area contributed by atoms with Gasteiger partial charge in [0, 0.05) is 10.8 Å². The second-order valence-corrected chi connectivity index (χ2v) is 6.12. The molecule has 1 aromatic heterocycles. The number of thiophene rings is 1. The van der Waals surface area contributed by atoms with E-state index >= 15 is 0 Å². The average molecular weight is 284 g/mol. The molecule has 0 aliphatic carbocycles. The highest BCUT2D eigenvalue weighted by atomic mass is 32.1. The molecule has 100 valence electrons. The van der Waals surface area contributed by atoms with Gasteiger partial charge in [0.1, 0.15) is 0 Å². The van der Waals surface area contributed by atoms with E-state index in [1.807, 2.05) is 45.2 Å². The molecule has 1 heterocycles. The van der Waals surface area contributed by atoms with E-state index in [0.717, 1.165) is 0 Å². The average Bonchev–Trinajstić information content (AvgIpc) is 2.80. The lowest BCUT2D eigenvalue weighted by Gasteiger charge is -2.18. The van der Waals surface area contributed by atoms with Gasteiger partial charge in [-0.2, -0.15) is 0 Å². The van der Waals surface area contributed by atoms with Crippen molar-refractivity contribution in [1.82, 2.24) is 10.6 Å². The van der Waals surface area contributed by atoms with Crippen molar-refractivity contribution in [2.24, 2.45) is 11.8 Å². The number of hydrogen-bond acceptors (Lipinski definition) is 3. The fraction of sp³-hybridized carbons (Fsp3) is 0.538. The molecule has 0 fully saturated rings. The van der Waals surface area contributed by atoms with Crippen molar-refractivity contribution < 1.29 is 4.79 Å². The van der Waals surface area contributed by atoms with Crippen molar-refractivity contribution in [1.29, 1.82) is 0 Å². The van der Waals surface area contributed by atoms with Crippen LogP contribution in [0.3, 0.4) is 0 Å². The van der Waals surface area contributed by atoms with Crippen LogP contribution in [0.15, 0.2) is 17.5 Å². The Morgan fingerprint density at radius 2 is 2.00 bits per heavy atom. The third-order valence-corrected chi connectivity index (χ3v) is 4.24. The summed E-state index contributed by atoms with van der Waals surface area (Å²) in [7, 11) is 0. The van der Waals surface area contributed by atoms with Crippen LogP contribution in [0.2, 0.25) is 0 Å². The van der Waals surface area contributed by atoms with Gasteiger partial charge in [-0.1, -0.05) is 26.8 Å². The molecule has 0 bridgehead atoms. The molecule has 1 unspecified atom stereocenters. The lowest BCUT2D eigenvalue weighted by Crippen LogP contribution is -2.43. The van der Waals surface area contributed by atoms with Gasteiger partial charge in [0.25, 0.3) is 0 Å². The summed E-state index contributed by atoms with van der Waals surface area (Å²) in [6.07, 6.45) is 0. The summed E-state index contributed by atoms with van der Waals surface area (Å²) in [5.74, 6) is 0.241. The first-order chi connectivity index (χ1) is 8.41. The van der Waals surface area contributed by atoms with Gasteiger partial charge in [0.05, 0.1) is 6.04 Å². The topological polar surface area (TPSA) is 41.1 Å². The molecule has 0 aliphatic rings. The van der Waals surface area contributed by atoms with Crippen LogP contribution in [0.25, 0.3) is 0 Å². The van der Waals surface area contributed by atoms with Gasteiger partial charge in [0.15, 0.2) is 5.11 Å². The van der Waals surface area contributed by atoms with E-state index in [2.05, 4.69) is 10.6 Å². The molecular formula is C13H20N2OS2. The van der Waals surface area contributed by atoms with Gasteiger partial charge in [-0.3, -0.25) is 4.79 Å². The number of rotatable bonds is 4. The smallest absolute Gasteiger partial charge is 0.229 e. The first-order valence-corrected chi connectivity index (χ1v) is 7.35. The fourth-order valence-corrected chi connectivity index (χ4v) is 2.38. The van der Waals surface area contributed by atoms with E-state index in [0.29, 0.717) is 11.0 Å². The first-order valence-electron chi connectivity index (χ1n) is 6.06. The number of carbonyl (C=O) groups excluding carboxylic acids is 1. The standard InChI is InChI=1S/C13H20N2OS2/c1-8(2)9(3)12(16)15-13(17)14-10(4)11-6-5-7-18-11/h5-10H,1-4H3,(H2,14,15,16,17)/t9?,10-/m0/s1. The van der Waals surface area contributed by atoms with Gasteiger partial charge >= 0.3 is 0 Å². The minimum absolute atomic E-state index is 0.0270. The van der Waals surface area contributed by atoms with Crippen LogP contribution in [0.5, 0.6) is 0 Å². The quantitative estimate of drug-likeness (QED) is 0.835. The molecule has 0 aliphatic heterocycles. The molecule has 5 heteroatoms. The minimum atomic E-state index is -0.0400. The highest BCUT2D eigenvalue weighted by molar-refractivity contribution is 7.80. The zero-order valence-electron chi connectivity index (χ0n) is 11.2. The van der Waals surface area contributed by atoms with Crippen molar-refractivity contribution in [3.8, 4) is 0 Å². The van der Waals surface area contributed by atoms with Crippen molar-refractivity contribution in [2.75, 3.05) is 0 Å². The minimum Gasteiger partial charge on any atom is -0.355 e. The van der Waals surface area contributed by atoms with Crippen molar-refractivity contribution in [3.63, 3.8) is 0 Å². The van der Waals surface area contributed by atoms with Gasteiger partial charge in [0.2, 0.25) is 5.91 Å². The number of nitrogens with one attached hydrogen (secondary N) is 2. The van der Waals surface area contributed by atoms with Crippen molar-refractivity contribution >= 4 is 34.6 Å².